The third-order valence-electron chi connectivity index (χ3n) is 2.60. The molecule has 0 saturated heterocycles. The van der Waals surface area contributed by atoms with Crippen LogP contribution in [0.2, 0.25) is 0 Å². The number of benzene rings is 1. The quantitative estimate of drug-likeness (QED) is 0.683. The monoisotopic (exact) mass is 174 g/mol. The van der Waals surface area contributed by atoms with Crippen molar-refractivity contribution in [1.29, 1.82) is 0 Å². The molecule has 1 aliphatic carbocycles. The van der Waals surface area contributed by atoms with E-state index in [0.29, 0.717) is 5.92 Å². The maximum atomic E-state index is 9.97. The summed E-state index contributed by atoms with van der Waals surface area (Å²) < 4.78 is 0. The molecule has 13 heavy (non-hydrogen) atoms. The van der Waals surface area contributed by atoms with Crippen LogP contribution in [0, 0.1) is 5.92 Å². The fourth-order valence-electron chi connectivity index (χ4n) is 1.82. The summed E-state index contributed by atoms with van der Waals surface area (Å²) in [5, 5.41) is 9.97. The van der Waals surface area contributed by atoms with E-state index in [2.05, 4.69) is 12.2 Å². The lowest BCUT2D eigenvalue weighted by Gasteiger charge is -2.16. The van der Waals surface area contributed by atoms with Crippen LogP contribution in [0.3, 0.4) is 0 Å². The van der Waals surface area contributed by atoms with Gasteiger partial charge in [-0.1, -0.05) is 42.5 Å². The van der Waals surface area contributed by atoms with Crippen molar-refractivity contribution in [1.82, 2.24) is 0 Å². The van der Waals surface area contributed by atoms with Crippen molar-refractivity contribution in [3.05, 3.63) is 48.0 Å². The third kappa shape index (κ3) is 1.81. The topological polar surface area (TPSA) is 20.2 Å². The van der Waals surface area contributed by atoms with Gasteiger partial charge >= 0.3 is 0 Å². The van der Waals surface area contributed by atoms with Crippen LogP contribution in [0.1, 0.15) is 24.5 Å². The van der Waals surface area contributed by atoms with Crippen LogP contribution >= 0.6 is 0 Å². The first-order chi connectivity index (χ1) is 6.38. The van der Waals surface area contributed by atoms with E-state index >= 15 is 0 Å². The van der Waals surface area contributed by atoms with E-state index in [-0.39, 0.29) is 6.10 Å². The van der Waals surface area contributed by atoms with E-state index in [9.17, 15) is 5.11 Å². The lowest BCUT2D eigenvalue weighted by atomic mass is 9.95. The molecule has 68 valence electrons. The van der Waals surface area contributed by atoms with Crippen molar-refractivity contribution in [3.63, 3.8) is 0 Å². The van der Waals surface area contributed by atoms with Gasteiger partial charge in [-0.2, -0.15) is 0 Å². The molecule has 1 aromatic carbocycles. The van der Waals surface area contributed by atoms with Gasteiger partial charge in [0.1, 0.15) is 0 Å². The molecular formula is C12H14O. The minimum Gasteiger partial charge on any atom is -0.388 e. The summed E-state index contributed by atoms with van der Waals surface area (Å²) in [6.45, 7) is 0. The van der Waals surface area contributed by atoms with Crippen LogP contribution < -0.4 is 0 Å². The summed E-state index contributed by atoms with van der Waals surface area (Å²) in [6.07, 6.45) is 6.14. The SMILES string of the molecule is OC(c1ccccc1)[C@@H]1C=CCC1. The first-order valence-corrected chi connectivity index (χ1v) is 4.77. The average Bonchev–Trinajstić information content (AvgIpc) is 2.71. The van der Waals surface area contributed by atoms with E-state index in [1.165, 1.54) is 0 Å². The van der Waals surface area contributed by atoms with Crippen molar-refractivity contribution in [2.24, 2.45) is 5.92 Å². The molecule has 0 amide bonds. The number of aliphatic hydroxyl groups excluding tert-OH is 1. The third-order valence-corrected chi connectivity index (χ3v) is 2.60. The summed E-state index contributed by atoms with van der Waals surface area (Å²) in [5.41, 5.74) is 1.03. The molecule has 2 rings (SSSR count). The lowest BCUT2D eigenvalue weighted by Crippen LogP contribution is -2.07. The van der Waals surface area contributed by atoms with E-state index in [0.717, 1.165) is 18.4 Å². The van der Waals surface area contributed by atoms with E-state index in [1.807, 2.05) is 30.3 Å². The molecule has 0 saturated carbocycles. The largest absolute Gasteiger partial charge is 0.388 e. The molecule has 1 aliphatic rings. The normalized spacial score (nSPS) is 23.3. The summed E-state index contributed by atoms with van der Waals surface area (Å²) in [6, 6.07) is 9.88. The van der Waals surface area contributed by atoms with Crippen LogP contribution in [-0.2, 0) is 0 Å². The Morgan fingerprint density at radius 3 is 2.62 bits per heavy atom. The van der Waals surface area contributed by atoms with Crippen LogP contribution in [-0.4, -0.2) is 5.11 Å². The van der Waals surface area contributed by atoms with Crippen LogP contribution in [0.4, 0.5) is 0 Å². The molecule has 0 aliphatic heterocycles. The van der Waals surface area contributed by atoms with Gasteiger partial charge in [0.05, 0.1) is 6.10 Å². The van der Waals surface area contributed by atoms with Gasteiger partial charge in [-0.15, -0.1) is 0 Å². The van der Waals surface area contributed by atoms with Crippen LogP contribution in [0.5, 0.6) is 0 Å². The van der Waals surface area contributed by atoms with Gasteiger partial charge in [-0.25, -0.2) is 0 Å². The summed E-state index contributed by atoms with van der Waals surface area (Å²) in [5.74, 6) is 0.322. The maximum Gasteiger partial charge on any atom is 0.0852 e. The maximum absolute atomic E-state index is 9.97. The standard InChI is InChI=1S/C12H14O/c13-12(11-8-4-5-9-11)10-6-2-1-3-7-10/h1-4,6-8,11-13H,5,9H2/t11-,12?/m1/s1. The van der Waals surface area contributed by atoms with Gasteiger partial charge in [-0.05, 0) is 18.4 Å². The molecule has 1 N–H and O–H groups in total. The first-order valence-electron chi connectivity index (χ1n) is 4.77. The zero-order valence-electron chi connectivity index (χ0n) is 7.56. The molecule has 0 radical (unpaired) electrons. The van der Waals surface area contributed by atoms with E-state index in [4.69, 9.17) is 0 Å². The predicted molar refractivity (Wildman–Crippen MR) is 53.3 cm³/mol. The van der Waals surface area contributed by atoms with Gasteiger partial charge in [0.2, 0.25) is 0 Å². The Hall–Kier alpha value is -1.08. The fourth-order valence-corrected chi connectivity index (χ4v) is 1.82. The van der Waals surface area contributed by atoms with Gasteiger partial charge in [0.25, 0.3) is 0 Å². The molecule has 0 bridgehead atoms. The number of hydrogen-bond acceptors (Lipinski definition) is 1. The fraction of sp³-hybridized carbons (Fsp3) is 0.333. The molecule has 1 heteroatoms. The molecule has 0 fully saturated rings. The first kappa shape index (κ1) is 8.52. The Morgan fingerprint density at radius 2 is 2.00 bits per heavy atom. The number of allylic oxidation sites excluding steroid dienone is 1. The summed E-state index contributed by atoms with van der Waals surface area (Å²) in [4.78, 5) is 0. The predicted octanol–water partition coefficient (Wildman–Crippen LogP) is 2.69. The zero-order valence-corrected chi connectivity index (χ0v) is 7.56. The zero-order chi connectivity index (χ0) is 9.10. The smallest absolute Gasteiger partial charge is 0.0852 e. The van der Waals surface area contributed by atoms with Crippen LogP contribution in [0.25, 0.3) is 0 Å². The Bertz CT molecular complexity index is 289. The minimum absolute atomic E-state index is 0.319. The molecule has 0 spiro atoms. The van der Waals surface area contributed by atoms with Crippen molar-refractivity contribution >= 4 is 0 Å². The van der Waals surface area contributed by atoms with Gasteiger partial charge < -0.3 is 5.11 Å². The number of rotatable bonds is 2. The van der Waals surface area contributed by atoms with E-state index in [1.54, 1.807) is 0 Å². The average molecular weight is 174 g/mol. The highest BCUT2D eigenvalue weighted by atomic mass is 16.3. The van der Waals surface area contributed by atoms with Crippen molar-refractivity contribution in [2.75, 3.05) is 0 Å². The molecular weight excluding hydrogens is 160 g/mol. The second-order valence-electron chi connectivity index (χ2n) is 3.52. The molecule has 0 aromatic heterocycles. The Morgan fingerprint density at radius 1 is 1.23 bits per heavy atom. The second kappa shape index (κ2) is 3.75. The summed E-state index contributed by atoms with van der Waals surface area (Å²) >= 11 is 0. The highest BCUT2D eigenvalue weighted by molar-refractivity contribution is 5.20. The van der Waals surface area contributed by atoms with Gasteiger partial charge in [0, 0.05) is 5.92 Å². The van der Waals surface area contributed by atoms with Crippen molar-refractivity contribution in [2.45, 2.75) is 18.9 Å². The molecule has 2 atom stereocenters. The number of hydrogen-bond donors (Lipinski definition) is 1. The molecule has 0 heterocycles. The lowest BCUT2D eigenvalue weighted by molar-refractivity contribution is 0.131. The number of aliphatic hydroxyl groups is 1. The molecule has 1 aromatic rings. The highest BCUT2D eigenvalue weighted by Gasteiger charge is 2.19. The Balaban J connectivity index is 2.13. The Kier molecular flexibility index (Phi) is 2.46. The highest BCUT2D eigenvalue weighted by Crippen LogP contribution is 2.30. The second-order valence-corrected chi connectivity index (χ2v) is 3.52. The summed E-state index contributed by atoms with van der Waals surface area (Å²) in [7, 11) is 0. The van der Waals surface area contributed by atoms with Gasteiger partial charge in [-0.3, -0.25) is 0 Å². The van der Waals surface area contributed by atoms with Crippen molar-refractivity contribution < 1.29 is 5.11 Å². The molecule has 1 nitrogen and oxygen atoms in total. The molecule has 1 unspecified atom stereocenters. The van der Waals surface area contributed by atoms with E-state index < -0.39 is 0 Å². The minimum atomic E-state index is -0.319. The van der Waals surface area contributed by atoms with Crippen molar-refractivity contribution in [3.8, 4) is 0 Å². The Labute approximate surface area is 78.7 Å². The van der Waals surface area contributed by atoms with Gasteiger partial charge in [0.15, 0.2) is 0 Å². The van der Waals surface area contributed by atoms with Crippen LogP contribution in [0.15, 0.2) is 42.5 Å².